The Morgan fingerprint density at radius 3 is 2.86 bits per heavy atom. The molecule has 1 heterocycles. The molecule has 0 radical (unpaired) electrons. The van der Waals surface area contributed by atoms with E-state index in [1.165, 1.54) is 16.7 Å². The fourth-order valence-electron chi connectivity index (χ4n) is 3.82. The van der Waals surface area contributed by atoms with Crippen LogP contribution < -0.4 is 10.6 Å². The molecule has 2 N–H and O–H groups in total. The van der Waals surface area contributed by atoms with Crippen LogP contribution in [0.15, 0.2) is 120 Å². The van der Waals surface area contributed by atoms with Crippen molar-refractivity contribution >= 4 is 5.71 Å². The van der Waals surface area contributed by atoms with E-state index in [0.717, 1.165) is 12.1 Å². The predicted octanol–water partition coefficient (Wildman–Crippen LogP) is 4.94. The van der Waals surface area contributed by atoms with Gasteiger partial charge in [0.25, 0.3) is 0 Å². The average Bonchev–Trinajstić information content (AvgIpc) is 3.05. The molecular weight excluding hydrogens is 354 g/mol. The summed E-state index contributed by atoms with van der Waals surface area (Å²) in [5.41, 5.74) is 5.06. The number of rotatable bonds is 6. The quantitative estimate of drug-likeness (QED) is 0.685. The number of allylic oxidation sites excluding steroid dienone is 11. The highest BCUT2D eigenvalue weighted by atomic mass is 15.2. The van der Waals surface area contributed by atoms with Gasteiger partial charge in [0.2, 0.25) is 0 Å². The van der Waals surface area contributed by atoms with Crippen LogP contribution in [-0.4, -0.2) is 18.5 Å². The first kappa shape index (κ1) is 19.2. The average molecular weight is 382 g/mol. The minimum Gasteiger partial charge on any atom is -0.358 e. The third kappa shape index (κ3) is 4.82. The van der Waals surface area contributed by atoms with Gasteiger partial charge in [-0.25, -0.2) is 4.99 Å². The SMILES string of the molecule is C=CCNC1N=C(C2C=CC=CC(C3=CC=CC(c4ccccc4)C3)=C2)C=CN1. The second-order valence-electron chi connectivity index (χ2n) is 7.34. The summed E-state index contributed by atoms with van der Waals surface area (Å²) < 4.78 is 0. The summed E-state index contributed by atoms with van der Waals surface area (Å²) in [5, 5.41) is 6.53. The molecular formula is C26H27N3. The van der Waals surface area contributed by atoms with Crippen LogP contribution in [0, 0.1) is 5.92 Å². The van der Waals surface area contributed by atoms with Gasteiger partial charge in [-0.3, -0.25) is 5.32 Å². The highest BCUT2D eigenvalue weighted by Gasteiger charge is 2.19. The van der Waals surface area contributed by atoms with Crippen molar-refractivity contribution in [1.82, 2.24) is 10.6 Å². The first-order valence-electron chi connectivity index (χ1n) is 10.2. The molecule has 0 amide bonds. The van der Waals surface area contributed by atoms with E-state index in [-0.39, 0.29) is 12.2 Å². The van der Waals surface area contributed by atoms with E-state index in [1.54, 1.807) is 0 Å². The largest absolute Gasteiger partial charge is 0.358 e. The van der Waals surface area contributed by atoms with E-state index >= 15 is 0 Å². The Bertz CT molecular complexity index is 941. The molecule has 4 rings (SSSR count). The van der Waals surface area contributed by atoms with Gasteiger partial charge < -0.3 is 5.32 Å². The maximum absolute atomic E-state index is 4.83. The van der Waals surface area contributed by atoms with Crippen LogP contribution in [0.1, 0.15) is 17.9 Å². The zero-order chi connectivity index (χ0) is 19.9. The van der Waals surface area contributed by atoms with Gasteiger partial charge in [-0.15, -0.1) is 6.58 Å². The third-order valence-electron chi connectivity index (χ3n) is 5.33. The van der Waals surface area contributed by atoms with Gasteiger partial charge >= 0.3 is 0 Å². The summed E-state index contributed by atoms with van der Waals surface area (Å²) in [7, 11) is 0. The van der Waals surface area contributed by atoms with Crippen LogP contribution in [0.5, 0.6) is 0 Å². The van der Waals surface area contributed by atoms with Crippen LogP contribution in [0.4, 0.5) is 0 Å². The summed E-state index contributed by atoms with van der Waals surface area (Å²) in [6.07, 6.45) is 24.5. The van der Waals surface area contributed by atoms with Crippen molar-refractivity contribution in [2.75, 3.05) is 6.54 Å². The molecule has 3 nitrogen and oxygen atoms in total. The van der Waals surface area contributed by atoms with Crippen molar-refractivity contribution in [3.8, 4) is 0 Å². The molecule has 29 heavy (non-hydrogen) atoms. The van der Waals surface area contributed by atoms with Crippen LogP contribution in [0.2, 0.25) is 0 Å². The standard InChI is InChI=1S/C26H27N3/c1-2-16-27-26-28-17-15-25(29-26)24-12-7-6-11-22(19-24)23-14-8-13-21(18-23)20-9-4-3-5-10-20/h2-15,17,19,21,24,26-28H,1,16,18H2. The van der Waals surface area contributed by atoms with Crippen LogP contribution in [0.3, 0.4) is 0 Å². The molecule has 3 aliphatic rings. The van der Waals surface area contributed by atoms with Gasteiger partial charge in [0.1, 0.15) is 0 Å². The molecule has 0 aromatic heterocycles. The van der Waals surface area contributed by atoms with Crippen molar-refractivity contribution in [1.29, 1.82) is 0 Å². The first-order valence-corrected chi connectivity index (χ1v) is 10.2. The van der Waals surface area contributed by atoms with Gasteiger partial charge in [-0.1, -0.05) is 85.0 Å². The first-order chi connectivity index (χ1) is 14.3. The maximum Gasteiger partial charge on any atom is 0.173 e. The molecule has 0 bridgehead atoms. The number of nitrogens with zero attached hydrogens (tertiary/aromatic N) is 1. The zero-order valence-corrected chi connectivity index (χ0v) is 16.5. The Morgan fingerprint density at radius 2 is 2.00 bits per heavy atom. The highest BCUT2D eigenvalue weighted by Crippen LogP contribution is 2.33. The van der Waals surface area contributed by atoms with Gasteiger partial charge in [0, 0.05) is 24.6 Å². The lowest BCUT2D eigenvalue weighted by atomic mass is 9.84. The Labute approximate surface area is 173 Å². The second kappa shape index (κ2) is 9.35. The summed E-state index contributed by atoms with van der Waals surface area (Å²) in [6.45, 7) is 4.47. The zero-order valence-electron chi connectivity index (χ0n) is 16.5. The number of benzene rings is 1. The molecule has 1 aliphatic heterocycles. The summed E-state index contributed by atoms with van der Waals surface area (Å²) in [6, 6.07) is 10.7. The van der Waals surface area contributed by atoms with Crippen LogP contribution in [-0.2, 0) is 0 Å². The summed E-state index contributed by atoms with van der Waals surface area (Å²) >= 11 is 0. The molecule has 0 saturated heterocycles. The Kier molecular flexibility index (Phi) is 6.18. The van der Waals surface area contributed by atoms with E-state index in [9.17, 15) is 0 Å². The minimum absolute atomic E-state index is 0.117. The van der Waals surface area contributed by atoms with Crippen molar-refractivity contribution in [2.45, 2.75) is 18.6 Å². The predicted molar refractivity (Wildman–Crippen MR) is 123 cm³/mol. The fourth-order valence-corrected chi connectivity index (χ4v) is 3.82. The Balaban J connectivity index is 1.54. The third-order valence-corrected chi connectivity index (χ3v) is 5.33. The topological polar surface area (TPSA) is 36.4 Å². The summed E-state index contributed by atoms with van der Waals surface area (Å²) in [5.74, 6) is 0.567. The molecule has 3 unspecified atom stereocenters. The van der Waals surface area contributed by atoms with Gasteiger partial charge in [-0.2, -0.15) is 0 Å². The molecule has 0 fully saturated rings. The molecule has 3 heteroatoms. The van der Waals surface area contributed by atoms with Crippen molar-refractivity contribution in [3.05, 3.63) is 121 Å². The molecule has 2 aliphatic carbocycles. The Hall–Kier alpha value is -3.17. The number of hydrogen-bond donors (Lipinski definition) is 2. The molecule has 146 valence electrons. The van der Waals surface area contributed by atoms with E-state index in [2.05, 4.69) is 102 Å². The van der Waals surface area contributed by atoms with Gasteiger partial charge in [0.15, 0.2) is 6.29 Å². The van der Waals surface area contributed by atoms with E-state index in [4.69, 9.17) is 4.99 Å². The molecule has 1 aromatic rings. The van der Waals surface area contributed by atoms with E-state index in [1.807, 2.05) is 12.3 Å². The lowest BCUT2D eigenvalue weighted by Gasteiger charge is -2.23. The van der Waals surface area contributed by atoms with Crippen LogP contribution >= 0.6 is 0 Å². The minimum atomic E-state index is -0.117. The summed E-state index contributed by atoms with van der Waals surface area (Å²) in [4.78, 5) is 4.83. The van der Waals surface area contributed by atoms with Crippen LogP contribution in [0.25, 0.3) is 0 Å². The molecule has 0 saturated carbocycles. The van der Waals surface area contributed by atoms with Crippen molar-refractivity contribution in [3.63, 3.8) is 0 Å². The lowest BCUT2D eigenvalue weighted by Crippen LogP contribution is -2.41. The van der Waals surface area contributed by atoms with E-state index < -0.39 is 0 Å². The van der Waals surface area contributed by atoms with Crippen molar-refractivity contribution in [2.24, 2.45) is 10.9 Å². The normalized spacial score (nSPS) is 25.5. The lowest BCUT2D eigenvalue weighted by molar-refractivity contribution is 0.509. The number of nitrogens with one attached hydrogen (secondary N) is 2. The maximum atomic E-state index is 4.83. The second-order valence-corrected chi connectivity index (χ2v) is 7.34. The van der Waals surface area contributed by atoms with Crippen molar-refractivity contribution < 1.29 is 0 Å². The van der Waals surface area contributed by atoms with Gasteiger partial charge in [0.05, 0.1) is 5.71 Å². The van der Waals surface area contributed by atoms with E-state index in [0.29, 0.717) is 12.5 Å². The van der Waals surface area contributed by atoms with Gasteiger partial charge in [-0.05, 0) is 29.2 Å². The smallest absolute Gasteiger partial charge is 0.173 e. The monoisotopic (exact) mass is 381 g/mol. The fraction of sp³-hybridized carbons (Fsp3) is 0.192. The highest BCUT2D eigenvalue weighted by molar-refractivity contribution is 6.00. The number of hydrogen-bond acceptors (Lipinski definition) is 3. The molecule has 0 spiro atoms. The Morgan fingerprint density at radius 1 is 1.10 bits per heavy atom. The molecule has 3 atom stereocenters. The molecule has 1 aromatic carbocycles. The number of aliphatic imine (C=N–C) groups is 1.